The van der Waals surface area contributed by atoms with E-state index in [9.17, 15) is 4.79 Å². The molecule has 24 heavy (non-hydrogen) atoms. The zero-order valence-corrected chi connectivity index (χ0v) is 14.2. The van der Waals surface area contributed by atoms with E-state index >= 15 is 0 Å². The van der Waals surface area contributed by atoms with Crippen molar-refractivity contribution in [1.29, 1.82) is 0 Å². The number of rotatable bonds is 4. The minimum Gasteiger partial charge on any atom is -0.477 e. The molecule has 1 saturated heterocycles. The SMILES string of the molecule is CCOc1ccc(N2CCN(C(=O)c3ccccc3Cl)CC2)nn1. The van der Waals surface area contributed by atoms with E-state index in [-0.39, 0.29) is 5.91 Å². The molecule has 0 aliphatic carbocycles. The van der Waals surface area contributed by atoms with Gasteiger partial charge in [-0.25, -0.2) is 0 Å². The summed E-state index contributed by atoms with van der Waals surface area (Å²) >= 11 is 6.12. The van der Waals surface area contributed by atoms with Crippen molar-refractivity contribution in [3.8, 4) is 5.88 Å². The standard InChI is InChI=1S/C17H19ClN4O2/c1-2-24-16-8-7-15(19-20-16)21-9-11-22(12-10-21)17(23)13-5-3-4-6-14(13)18/h3-8H,2,9-12H2,1H3. The molecule has 7 heteroatoms. The Kier molecular flexibility index (Phi) is 5.15. The Hall–Kier alpha value is -2.34. The van der Waals surface area contributed by atoms with Crippen LogP contribution in [0.4, 0.5) is 5.82 Å². The van der Waals surface area contributed by atoms with E-state index in [0.717, 1.165) is 5.82 Å². The summed E-state index contributed by atoms with van der Waals surface area (Å²) in [5.41, 5.74) is 0.550. The molecule has 1 aromatic heterocycles. The Bertz CT molecular complexity index is 700. The molecule has 2 heterocycles. The van der Waals surface area contributed by atoms with Gasteiger partial charge in [-0.3, -0.25) is 4.79 Å². The van der Waals surface area contributed by atoms with Crippen LogP contribution in [0.1, 0.15) is 17.3 Å². The molecule has 1 aliphatic rings. The second-order valence-corrected chi connectivity index (χ2v) is 5.83. The lowest BCUT2D eigenvalue weighted by molar-refractivity contribution is 0.0746. The second-order valence-electron chi connectivity index (χ2n) is 5.42. The molecule has 0 unspecified atom stereocenters. The quantitative estimate of drug-likeness (QED) is 0.851. The lowest BCUT2D eigenvalue weighted by Crippen LogP contribution is -2.49. The molecule has 1 aliphatic heterocycles. The van der Waals surface area contributed by atoms with Crippen molar-refractivity contribution in [3.05, 3.63) is 47.0 Å². The van der Waals surface area contributed by atoms with Gasteiger partial charge in [-0.05, 0) is 25.1 Å². The van der Waals surface area contributed by atoms with Crippen LogP contribution in [0, 0.1) is 0 Å². The number of carbonyl (C=O) groups excluding carboxylic acids is 1. The van der Waals surface area contributed by atoms with Crippen molar-refractivity contribution in [2.45, 2.75) is 6.92 Å². The number of carbonyl (C=O) groups is 1. The summed E-state index contributed by atoms with van der Waals surface area (Å²) in [6.45, 7) is 5.14. The minimum absolute atomic E-state index is 0.0296. The number of anilines is 1. The summed E-state index contributed by atoms with van der Waals surface area (Å²) in [6.07, 6.45) is 0. The fourth-order valence-electron chi connectivity index (χ4n) is 2.65. The molecule has 2 aromatic rings. The fourth-order valence-corrected chi connectivity index (χ4v) is 2.87. The molecule has 0 spiro atoms. The van der Waals surface area contributed by atoms with E-state index in [4.69, 9.17) is 16.3 Å². The topological polar surface area (TPSA) is 58.6 Å². The zero-order chi connectivity index (χ0) is 16.9. The van der Waals surface area contributed by atoms with Gasteiger partial charge in [-0.15, -0.1) is 10.2 Å². The van der Waals surface area contributed by atoms with E-state index in [1.807, 2.05) is 36.1 Å². The van der Waals surface area contributed by atoms with Crippen molar-refractivity contribution in [1.82, 2.24) is 15.1 Å². The van der Waals surface area contributed by atoms with Crippen LogP contribution >= 0.6 is 11.6 Å². The molecule has 0 radical (unpaired) electrons. The molecular formula is C17H19ClN4O2. The highest BCUT2D eigenvalue weighted by molar-refractivity contribution is 6.33. The first-order chi connectivity index (χ1) is 11.7. The number of piperazine rings is 1. The summed E-state index contributed by atoms with van der Waals surface area (Å²) in [5.74, 6) is 1.29. The molecule has 0 bridgehead atoms. The first-order valence-corrected chi connectivity index (χ1v) is 8.32. The Balaban J connectivity index is 1.61. The van der Waals surface area contributed by atoms with E-state index in [2.05, 4.69) is 15.1 Å². The van der Waals surface area contributed by atoms with Gasteiger partial charge in [0.05, 0.1) is 17.2 Å². The van der Waals surface area contributed by atoms with Crippen molar-refractivity contribution >= 4 is 23.3 Å². The number of hydrogen-bond acceptors (Lipinski definition) is 5. The van der Waals surface area contributed by atoms with E-state index in [1.54, 1.807) is 12.1 Å². The Labute approximate surface area is 146 Å². The second kappa shape index (κ2) is 7.49. The van der Waals surface area contributed by atoms with Crippen molar-refractivity contribution in [2.24, 2.45) is 0 Å². The summed E-state index contributed by atoms with van der Waals surface area (Å²) < 4.78 is 5.30. The lowest BCUT2D eigenvalue weighted by atomic mass is 10.2. The van der Waals surface area contributed by atoms with Gasteiger partial charge in [0.25, 0.3) is 5.91 Å². The Morgan fingerprint density at radius 3 is 2.50 bits per heavy atom. The first-order valence-electron chi connectivity index (χ1n) is 7.94. The van der Waals surface area contributed by atoms with Gasteiger partial charge in [0.1, 0.15) is 0 Å². The van der Waals surface area contributed by atoms with E-state index < -0.39 is 0 Å². The molecule has 1 aromatic carbocycles. The third kappa shape index (κ3) is 3.59. The molecule has 0 saturated carbocycles. The van der Waals surface area contributed by atoms with Gasteiger partial charge < -0.3 is 14.5 Å². The Morgan fingerprint density at radius 2 is 1.88 bits per heavy atom. The van der Waals surface area contributed by atoms with Gasteiger partial charge in [0.2, 0.25) is 5.88 Å². The number of hydrogen-bond donors (Lipinski definition) is 0. The number of ether oxygens (including phenoxy) is 1. The van der Waals surface area contributed by atoms with Gasteiger partial charge in [0.15, 0.2) is 5.82 Å². The summed E-state index contributed by atoms with van der Waals surface area (Å²) in [4.78, 5) is 16.5. The summed E-state index contributed by atoms with van der Waals surface area (Å²) in [6, 6.07) is 10.8. The molecular weight excluding hydrogens is 328 g/mol. The van der Waals surface area contributed by atoms with Crippen LogP contribution in [-0.2, 0) is 0 Å². The number of benzene rings is 1. The van der Waals surface area contributed by atoms with Crippen LogP contribution in [0.2, 0.25) is 5.02 Å². The van der Waals surface area contributed by atoms with E-state index in [1.165, 1.54) is 0 Å². The zero-order valence-electron chi connectivity index (χ0n) is 13.5. The molecule has 0 atom stereocenters. The highest BCUT2D eigenvalue weighted by atomic mass is 35.5. The number of aromatic nitrogens is 2. The maximum Gasteiger partial charge on any atom is 0.255 e. The van der Waals surface area contributed by atoms with Gasteiger partial charge in [-0.2, -0.15) is 0 Å². The van der Waals surface area contributed by atoms with Crippen LogP contribution in [0.5, 0.6) is 5.88 Å². The smallest absolute Gasteiger partial charge is 0.255 e. The van der Waals surface area contributed by atoms with Crippen LogP contribution in [0.15, 0.2) is 36.4 Å². The van der Waals surface area contributed by atoms with Crippen molar-refractivity contribution in [3.63, 3.8) is 0 Å². The van der Waals surface area contributed by atoms with Crippen LogP contribution in [0.25, 0.3) is 0 Å². The maximum absolute atomic E-state index is 12.6. The minimum atomic E-state index is -0.0296. The maximum atomic E-state index is 12.6. The van der Waals surface area contributed by atoms with Gasteiger partial charge in [-0.1, -0.05) is 23.7 Å². The van der Waals surface area contributed by atoms with E-state index in [0.29, 0.717) is 49.3 Å². The normalized spacial score (nSPS) is 14.6. The number of nitrogens with zero attached hydrogens (tertiary/aromatic N) is 4. The molecule has 1 amide bonds. The largest absolute Gasteiger partial charge is 0.477 e. The predicted molar refractivity (Wildman–Crippen MR) is 92.8 cm³/mol. The summed E-state index contributed by atoms with van der Waals surface area (Å²) in [7, 11) is 0. The lowest BCUT2D eigenvalue weighted by Gasteiger charge is -2.35. The van der Waals surface area contributed by atoms with Crippen molar-refractivity contribution < 1.29 is 9.53 Å². The molecule has 1 fully saturated rings. The van der Waals surface area contributed by atoms with Crippen LogP contribution < -0.4 is 9.64 Å². The third-order valence-corrected chi connectivity index (χ3v) is 4.24. The molecule has 6 nitrogen and oxygen atoms in total. The fraction of sp³-hybridized carbons (Fsp3) is 0.353. The van der Waals surface area contributed by atoms with Crippen LogP contribution in [0.3, 0.4) is 0 Å². The Morgan fingerprint density at radius 1 is 1.12 bits per heavy atom. The third-order valence-electron chi connectivity index (χ3n) is 3.91. The molecule has 3 rings (SSSR count). The monoisotopic (exact) mass is 346 g/mol. The molecule has 126 valence electrons. The van der Waals surface area contributed by atoms with Crippen LogP contribution in [-0.4, -0.2) is 53.8 Å². The highest BCUT2D eigenvalue weighted by Crippen LogP contribution is 2.20. The number of amides is 1. The van der Waals surface area contributed by atoms with Crippen molar-refractivity contribution in [2.75, 3.05) is 37.7 Å². The average molecular weight is 347 g/mol. The average Bonchev–Trinajstić information content (AvgIpc) is 2.63. The summed E-state index contributed by atoms with van der Waals surface area (Å²) in [5, 5.41) is 8.72. The van der Waals surface area contributed by atoms with Gasteiger partial charge in [0, 0.05) is 32.2 Å². The number of halogens is 1. The highest BCUT2D eigenvalue weighted by Gasteiger charge is 2.24. The van der Waals surface area contributed by atoms with Gasteiger partial charge >= 0.3 is 0 Å². The molecule has 0 N–H and O–H groups in total. The predicted octanol–water partition coefficient (Wildman–Crippen LogP) is 2.49. The first kappa shape index (κ1) is 16.5.